The molecule has 2 heterocycles. The number of amides is 1. The molecular weight excluding hydrogens is 296 g/mol. The van der Waals surface area contributed by atoms with Gasteiger partial charge in [0.1, 0.15) is 5.25 Å². The Morgan fingerprint density at radius 2 is 2.33 bits per heavy atom. The maximum atomic E-state index is 11.7. The predicted octanol–water partition coefficient (Wildman–Crippen LogP) is 1.16. The summed E-state index contributed by atoms with van der Waals surface area (Å²) >= 11 is 1.55. The summed E-state index contributed by atoms with van der Waals surface area (Å²) in [6.07, 6.45) is 0.699. The second kappa shape index (κ2) is 5.14. The first-order valence-electron chi connectivity index (χ1n) is 5.48. The monoisotopic (exact) mass is 308 g/mol. The minimum Gasteiger partial charge on any atom is -0.341 e. The number of hydrogen-bond donors (Lipinski definition) is 0. The molecule has 8 heteroatoms. The lowest BCUT2D eigenvalue weighted by atomic mass is 10.3. The first-order valence-corrected chi connectivity index (χ1v) is 8.73. The summed E-state index contributed by atoms with van der Waals surface area (Å²) in [5, 5.41) is -0.769. The molecule has 0 spiro atoms. The second-order valence-corrected chi connectivity index (χ2v) is 8.10. The third-order valence-electron chi connectivity index (χ3n) is 3.03. The Kier molecular flexibility index (Phi) is 3.93. The third kappa shape index (κ3) is 3.02. The summed E-state index contributed by atoms with van der Waals surface area (Å²) in [6, 6.07) is 0. The molecule has 0 aliphatic carbocycles. The fourth-order valence-corrected chi connectivity index (χ4v) is 3.77. The number of aryl methyl sites for hydroxylation is 1. The van der Waals surface area contributed by atoms with Crippen LogP contribution in [0.15, 0.2) is 5.51 Å². The third-order valence-corrected chi connectivity index (χ3v) is 5.89. The van der Waals surface area contributed by atoms with E-state index < -0.39 is 14.3 Å². The van der Waals surface area contributed by atoms with Crippen LogP contribution >= 0.6 is 22.0 Å². The van der Waals surface area contributed by atoms with E-state index in [-0.39, 0.29) is 18.9 Å². The molecule has 1 aromatic rings. The van der Waals surface area contributed by atoms with Crippen LogP contribution in [0, 0.1) is 6.92 Å². The maximum Gasteiger partial charge on any atom is 0.237 e. The van der Waals surface area contributed by atoms with Crippen LogP contribution in [0.2, 0.25) is 0 Å². The van der Waals surface area contributed by atoms with Crippen LogP contribution in [0.1, 0.15) is 17.0 Å². The van der Waals surface area contributed by atoms with Crippen LogP contribution in [-0.2, 0) is 20.3 Å². The summed E-state index contributed by atoms with van der Waals surface area (Å²) in [5.41, 5.74) is 2.73. The Morgan fingerprint density at radius 3 is 2.83 bits per heavy atom. The molecule has 0 aromatic carbocycles. The van der Waals surface area contributed by atoms with Gasteiger partial charge in [0, 0.05) is 41.5 Å². The highest BCUT2D eigenvalue weighted by Gasteiger charge is 2.36. The zero-order chi connectivity index (χ0) is 13.3. The van der Waals surface area contributed by atoms with E-state index in [2.05, 4.69) is 4.98 Å². The molecular formula is C10H13ClN2O3S2. The van der Waals surface area contributed by atoms with E-state index in [9.17, 15) is 13.2 Å². The normalized spacial score (nSPS) is 20.7. The Balaban J connectivity index is 1.95. The van der Waals surface area contributed by atoms with Crippen molar-refractivity contribution >= 4 is 37.0 Å². The molecule has 0 bridgehead atoms. The zero-order valence-electron chi connectivity index (χ0n) is 9.80. The average Bonchev–Trinajstić information content (AvgIpc) is 2.82. The topological polar surface area (TPSA) is 67.3 Å². The summed E-state index contributed by atoms with van der Waals surface area (Å²) in [4.78, 5) is 18.5. The molecule has 0 radical (unpaired) electrons. The number of carbonyl (C=O) groups excluding carboxylic acids is 1. The number of rotatable bonds is 4. The van der Waals surface area contributed by atoms with E-state index >= 15 is 0 Å². The van der Waals surface area contributed by atoms with Gasteiger partial charge in [-0.25, -0.2) is 13.4 Å². The van der Waals surface area contributed by atoms with E-state index in [4.69, 9.17) is 10.7 Å². The zero-order valence-corrected chi connectivity index (χ0v) is 12.2. The molecule has 5 nitrogen and oxygen atoms in total. The van der Waals surface area contributed by atoms with Crippen molar-refractivity contribution in [2.45, 2.75) is 25.0 Å². The largest absolute Gasteiger partial charge is 0.341 e. The standard InChI is InChI=1S/C10H13ClN2O3S2/c1-7-9(17-6-12-7)2-3-13-5-8(4-10(13)14)18(11,15)16/h6,8H,2-5H2,1H3. The Bertz CT molecular complexity index is 555. The fourth-order valence-electron chi connectivity index (χ4n) is 1.94. The molecule has 1 fully saturated rings. The lowest BCUT2D eigenvalue weighted by molar-refractivity contribution is -0.127. The highest BCUT2D eigenvalue weighted by atomic mass is 35.7. The van der Waals surface area contributed by atoms with Gasteiger partial charge in [0.25, 0.3) is 0 Å². The number of carbonyl (C=O) groups is 1. The van der Waals surface area contributed by atoms with Gasteiger partial charge in [-0.1, -0.05) is 0 Å². The summed E-state index contributed by atoms with van der Waals surface area (Å²) < 4.78 is 22.4. The van der Waals surface area contributed by atoms with Gasteiger partial charge in [-0.3, -0.25) is 4.79 Å². The van der Waals surface area contributed by atoms with Gasteiger partial charge in [-0.2, -0.15) is 0 Å². The summed E-state index contributed by atoms with van der Waals surface area (Å²) in [6.45, 7) is 2.64. The van der Waals surface area contributed by atoms with Gasteiger partial charge in [0.05, 0.1) is 11.2 Å². The number of aromatic nitrogens is 1. The fraction of sp³-hybridized carbons (Fsp3) is 0.600. The minimum absolute atomic E-state index is 0.00644. The molecule has 1 atom stereocenters. The van der Waals surface area contributed by atoms with Crippen LogP contribution in [-0.4, -0.2) is 42.5 Å². The van der Waals surface area contributed by atoms with E-state index in [1.807, 2.05) is 6.92 Å². The molecule has 1 saturated heterocycles. The molecule has 1 unspecified atom stereocenters. The van der Waals surface area contributed by atoms with E-state index in [0.717, 1.165) is 10.6 Å². The highest BCUT2D eigenvalue weighted by Crippen LogP contribution is 2.22. The summed E-state index contributed by atoms with van der Waals surface area (Å²) in [7, 11) is 1.63. The van der Waals surface area contributed by atoms with Crippen LogP contribution < -0.4 is 0 Å². The quantitative estimate of drug-likeness (QED) is 0.783. The Hall–Kier alpha value is -0.660. The van der Waals surface area contributed by atoms with Crippen molar-refractivity contribution in [3.05, 3.63) is 16.1 Å². The van der Waals surface area contributed by atoms with Gasteiger partial charge in [-0.15, -0.1) is 11.3 Å². The molecule has 1 amide bonds. The molecule has 2 rings (SSSR count). The van der Waals surface area contributed by atoms with E-state index in [1.165, 1.54) is 0 Å². The first kappa shape index (κ1) is 13.8. The Morgan fingerprint density at radius 1 is 1.61 bits per heavy atom. The number of halogens is 1. The molecule has 1 aliphatic rings. The molecule has 100 valence electrons. The van der Waals surface area contributed by atoms with Crippen molar-refractivity contribution in [3.8, 4) is 0 Å². The Labute approximate surface area is 114 Å². The minimum atomic E-state index is -3.65. The molecule has 18 heavy (non-hydrogen) atoms. The second-order valence-electron chi connectivity index (χ2n) is 4.25. The average molecular weight is 309 g/mol. The van der Waals surface area contributed by atoms with Crippen molar-refractivity contribution in [1.82, 2.24) is 9.88 Å². The smallest absolute Gasteiger partial charge is 0.237 e. The van der Waals surface area contributed by atoms with Gasteiger partial charge in [0.2, 0.25) is 15.0 Å². The highest BCUT2D eigenvalue weighted by molar-refractivity contribution is 8.14. The van der Waals surface area contributed by atoms with Crippen LogP contribution in [0.5, 0.6) is 0 Å². The lowest BCUT2D eigenvalue weighted by Crippen LogP contribution is -2.29. The van der Waals surface area contributed by atoms with Gasteiger partial charge < -0.3 is 4.90 Å². The van der Waals surface area contributed by atoms with Crippen LogP contribution in [0.3, 0.4) is 0 Å². The maximum absolute atomic E-state index is 11.7. The van der Waals surface area contributed by atoms with Crippen LogP contribution in [0.25, 0.3) is 0 Å². The molecule has 1 aliphatic heterocycles. The van der Waals surface area contributed by atoms with Crippen LogP contribution in [0.4, 0.5) is 0 Å². The van der Waals surface area contributed by atoms with Crippen molar-refractivity contribution < 1.29 is 13.2 Å². The van der Waals surface area contributed by atoms with Gasteiger partial charge in [0.15, 0.2) is 0 Å². The first-order chi connectivity index (χ1) is 8.38. The van der Waals surface area contributed by atoms with Crippen molar-refractivity contribution in [1.29, 1.82) is 0 Å². The number of likely N-dealkylation sites (tertiary alicyclic amines) is 1. The van der Waals surface area contributed by atoms with Crippen molar-refractivity contribution in [2.24, 2.45) is 0 Å². The number of thiazole rings is 1. The van der Waals surface area contributed by atoms with Gasteiger partial charge in [-0.05, 0) is 6.92 Å². The lowest BCUT2D eigenvalue weighted by Gasteiger charge is -2.15. The number of hydrogen-bond acceptors (Lipinski definition) is 5. The van der Waals surface area contributed by atoms with Crippen molar-refractivity contribution in [3.63, 3.8) is 0 Å². The van der Waals surface area contributed by atoms with Crippen molar-refractivity contribution in [2.75, 3.05) is 13.1 Å². The van der Waals surface area contributed by atoms with E-state index in [0.29, 0.717) is 13.0 Å². The van der Waals surface area contributed by atoms with Gasteiger partial charge >= 0.3 is 0 Å². The van der Waals surface area contributed by atoms with E-state index in [1.54, 1.807) is 21.7 Å². The summed E-state index contributed by atoms with van der Waals surface area (Å²) in [5.74, 6) is -0.147. The molecule has 1 aromatic heterocycles. The SMILES string of the molecule is Cc1ncsc1CCN1CC(S(=O)(=O)Cl)CC1=O. The molecule has 0 saturated carbocycles. The molecule has 0 N–H and O–H groups in total. The predicted molar refractivity (Wildman–Crippen MR) is 70.3 cm³/mol. The number of nitrogens with zero attached hydrogens (tertiary/aromatic N) is 2.